The van der Waals surface area contributed by atoms with Gasteiger partial charge >= 0.3 is 0 Å². The first-order chi connectivity index (χ1) is 10.3. The van der Waals surface area contributed by atoms with E-state index in [-0.39, 0.29) is 0 Å². The molecular weight excluding hydrogens is 256 g/mol. The summed E-state index contributed by atoms with van der Waals surface area (Å²) in [6.07, 6.45) is 1.08. The molecule has 0 radical (unpaired) electrons. The molecule has 0 unspecified atom stereocenters. The van der Waals surface area contributed by atoms with Gasteiger partial charge in [-0.1, -0.05) is 49.4 Å². The molecule has 0 atom stereocenters. The summed E-state index contributed by atoms with van der Waals surface area (Å²) in [5.74, 6) is 0.926. The van der Waals surface area contributed by atoms with E-state index in [0.717, 1.165) is 12.2 Å². The van der Waals surface area contributed by atoms with Crippen molar-refractivity contribution in [2.75, 3.05) is 6.61 Å². The van der Waals surface area contributed by atoms with Crippen LogP contribution in [0.25, 0.3) is 21.9 Å². The van der Waals surface area contributed by atoms with Crippen LogP contribution in [0.3, 0.4) is 0 Å². The molecular formula is C20H20O. The Hall–Kier alpha value is -2.28. The van der Waals surface area contributed by atoms with Crippen LogP contribution in [0.2, 0.25) is 0 Å². The fourth-order valence-electron chi connectivity index (χ4n) is 2.60. The van der Waals surface area contributed by atoms with Gasteiger partial charge < -0.3 is 4.74 Å². The topological polar surface area (TPSA) is 9.23 Å². The molecule has 0 fully saturated rings. The molecule has 0 N–H and O–H groups in total. The first kappa shape index (κ1) is 13.7. The summed E-state index contributed by atoms with van der Waals surface area (Å²) in [6, 6.07) is 21.7. The molecule has 0 aromatic heterocycles. The first-order valence-electron chi connectivity index (χ1n) is 7.56. The van der Waals surface area contributed by atoms with Crippen molar-refractivity contribution >= 4 is 10.8 Å². The largest absolute Gasteiger partial charge is 0.494 e. The van der Waals surface area contributed by atoms with Gasteiger partial charge in [-0.3, -0.25) is 0 Å². The first-order valence-corrected chi connectivity index (χ1v) is 7.56. The maximum atomic E-state index is 5.49. The minimum atomic E-state index is 0.703. The minimum Gasteiger partial charge on any atom is -0.494 e. The smallest absolute Gasteiger partial charge is 0.119 e. The Morgan fingerprint density at radius 1 is 0.714 bits per heavy atom. The van der Waals surface area contributed by atoms with Crippen molar-refractivity contribution in [3.63, 3.8) is 0 Å². The fourth-order valence-corrected chi connectivity index (χ4v) is 2.60. The van der Waals surface area contributed by atoms with Gasteiger partial charge in [-0.05, 0) is 59.0 Å². The summed E-state index contributed by atoms with van der Waals surface area (Å²) in [4.78, 5) is 0. The molecule has 0 aliphatic carbocycles. The Kier molecular flexibility index (Phi) is 3.92. The average Bonchev–Trinajstić information content (AvgIpc) is 2.55. The van der Waals surface area contributed by atoms with Crippen LogP contribution in [0.5, 0.6) is 5.75 Å². The van der Waals surface area contributed by atoms with Crippen LogP contribution in [0.1, 0.15) is 19.4 Å². The van der Waals surface area contributed by atoms with Crippen LogP contribution in [0, 0.1) is 0 Å². The monoisotopic (exact) mass is 276 g/mol. The second kappa shape index (κ2) is 6.01. The average molecular weight is 276 g/mol. The summed E-state index contributed by atoms with van der Waals surface area (Å²) in [7, 11) is 0. The Bertz CT molecular complexity index is 741. The van der Waals surface area contributed by atoms with Crippen LogP contribution in [-0.2, 0) is 6.42 Å². The van der Waals surface area contributed by atoms with Crippen molar-refractivity contribution in [1.29, 1.82) is 0 Å². The maximum absolute atomic E-state index is 5.49. The van der Waals surface area contributed by atoms with Crippen molar-refractivity contribution in [3.8, 4) is 16.9 Å². The normalized spacial score (nSPS) is 10.8. The molecule has 0 spiro atoms. The van der Waals surface area contributed by atoms with Crippen LogP contribution in [0.4, 0.5) is 0 Å². The van der Waals surface area contributed by atoms with Crippen molar-refractivity contribution in [1.82, 2.24) is 0 Å². The zero-order valence-electron chi connectivity index (χ0n) is 12.6. The molecule has 1 nitrogen and oxygen atoms in total. The van der Waals surface area contributed by atoms with Crippen molar-refractivity contribution in [3.05, 3.63) is 66.2 Å². The van der Waals surface area contributed by atoms with E-state index in [9.17, 15) is 0 Å². The highest BCUT2D eigenvalue weighted by Gasteiger charge is 2.01. The molecule has 21 heavy (non-hydrogen) atoms. The molecule has 0 amide bonds. The lowest BCUT2D eigenvalue weighted by Crippen LogP contribution is -1.90. The lowest BCUT2D eigenvalue weighted by Gasteiger charge is -2.07. The van der Waals surface area contributed by atoms with Crippen LogP contribution >= 0.6 is 0 Å². The Morgan fingerprint density at radius 2 is 1.38 bits per heavy atom. The number of fused-ring (bicyclic) bond motifs is 1. The van der Waals surface area contributed by atoms with Crippen molar-refractivity contribution in [2.45, 2.75) is 20.3 Å². The number of benzene rings is 3. The number of hydrogen-bond acceptors (Lipinski definition) is 1. The third kappa shape index (κ3) is 2.92. The molecule has 3 aromatic rings. The van der Waals surface area contributed by atoms with Gasteiger partial charge in [0.25, 0.3) is 0 Å². The molecule has 0 aliphatic rings. The third-order valence-electron chi connectivity index (χ3n) is 3.81. The number of hydrogen-bond donors (Lipinski definition) is 0. The zero-order valence-corrected chi connectivity index (χ0v) is 12.6. The van der Waals surface area contributed by atoms with Gasteiger partial charge in [0.2, 0.25) is 0 Å². The summed E-state index contributed by atoms with van der Waals surface area (Å²) >= 11 is 0. The lowest BCUT2D eigenvalue weighted by molar-refractivity contribution is 0.340. The number of ether oxygens (including phenoxy) is 1. The number of rotatable bonds is 4. The Morgan fingerprint density at radius 3 is 2.10 bits per heavy atom. The standard InChI is InChI=1S/C20H20O/c1-3-15-5-6-19-14-18(8-7-17(19)13-15)16-9-11-20(12-10-16)21-4-2/h5-14H,3-4H2,1-2H3. The Labute approximate surface area is 126 Å². The second-order valence-electron chi connectivity index (χ2n) is 5.21. The van der Waals surface area contributed by atoms with E-state index in [1.165, 1.54) is 27.5 Å². The third-order valence-corrected chi connectivity index (χ3v) is 3.81. The van der Waals surface area contributed by atoms with Gasteiger partial charge in [0.05, 0.1) is 6.61 Å². The van der Waals surface area contributed by atoms with Crippen LogP contribution in [-0.4, -0.2) is 6.61 Å². The maximum Gasteiger partial charge on any atom is 0.119 e. The molecule has 106 valence electrons. The molecule has 1 heteroatoms. The van der Waals surface area contributed by atoms with Gasteiger partial charge in [0, 0.05) is 0 Å². The minimum absolute atomic E-state index is 0.703. The van der Waals surface area contributed by atoms with E-state index in [2.05, 4.69) is 55.5 Å². The second-order valence-corrected chi connectivity index (χ2v) is 5.21. The SMILES string of the molecule is CCOc1ccc(-c2ccc3cc(CC)ccc3c2)cc1. The van der Waals surface area contributed by atoms with E-state index in [1.807, 2.05) is 19.1 Å². The van der Waals surface area contributed by atoms with E-state index < -0.39 is 0 Å². The summed E-state index contributed by atoms with van der Waals surface area (Å²) in [6.45, 7) is 4.90. The van der Waals surface area contributed by atoms with Crippen molar-refractivity contribution < 1.29 is 4.74 Å². The summed E-state index contributed by atoms with van der Waals surface area (Å²) in [5.41, 5.74) is 3.85. The van der Waals surface area contributed by atoms with Gasteiger partial charge in [0.15, 0.2) is 0 Å². The molecule has 3 rings (SSSR count). The van der Waals surface area contributed by atoms with E-state index in [4.69, 9.17) is 4.74 Å². The van der Waals surface area contributed by atoms with Crippen LogP contribution in [0.15, 0.2) is 60.7 Å². The van der Waals surface area contributed by atoms with Crippen LogP contribution < -0.4 is 4.74 Å². The predicted molar refractivity (Wildman–Crippen MR) is 89.9 cm³/mol. The quantitative estimate of drug-likeness (QED) is 0.614. The molecule has 0 saturated carbocycles. The van der Waals surface area contributed by atoms with Gasteiger partial charge in [0.1, 0.15) is 5.75 Å². The molecule has 0 aliphatic heterocycles. The highest BCUT2D eigenvalue weighted by atomic mass is 16.5. The lowest BCUT2D eigenvalue weighted by atomic mass is 9.99. The van der Waals surface area contributed by atoms with E-state index in [0.29, 0.717) is 6.61 Å². The number of aryl methyl sites for hydroxylation is 1. The van der Waals surface area contributed by atoms with Gasteiger partial charge in [-0.2, -0.15) is 0 Å². The van der Waals surface area contributed by atoms with Gasteiger partial charge in [-0.25, -0.2) is 0 Å². The molecule has 0 bridgehead atoms. The van der Waals surface area contributed by atoms with Crippen molar-refractivity contribution in [2.24, 2.45) is 0 Å². The zero-order chi connectivity index (χ0) is 14.7. The highest BCUT2D eigenvalue weighted by molar-refractivity contribution is 5.87. The molecule has 0 saturated heterocycles. The summed E-state index contributed by atoms with van der Waals surface area (Å²) in [5, 5.41) is 2.60. The molecule has 3 aromatic carbocycles. The molecule has 0 heterocycles. The van der Waals surface area contributed by atoms with Gasteiger partial charge in [-0.15, -0.1) is 0 Å². The summed E-state index contributed by atoms with van der Waals surface area (Å²) < 4.78 is 5.49. The fraction of sp³-hybridized carbons (Fsp3) is 0.200. The van der Waals surface area contributed by atoms with E-state index >= 15 is 0 Å². The van der Waals surface area contributed by atoms with E-state index in [1.54, 1.807) is 0 Å². The predicted octanol–water partition coefficient (Wildman–Crippen LogP) is 5.47. The Balaban J connectivity index is 1.96. The highest BCUT2D eigenvalue weighted by Crippen LogP contribution is 2.26.